The number of alkyl halides is 2. The van der Waals surface area contributed by atoms with Crippen LogP contribution in [-0.4, -0.2) is 18.7 Å². The van der Waals surface area contributed by atoms with Crippen LogP contribution in [0, 0.1) is 0 Å². The molecule has 0 unspecified atom stereocenters. The molecule has 6 heteroatoms. The number of benzene rings is 3. The summed E-state index contributed by atoms with van der Waals surface area (Å²) in [6, 6.07) is 20.6. The molecule has 0 amide bonds. The van der Waals surface area contributed by atoms with Gasteiger partial charge in [-0.15, -0.1) is 0 Å². The molecule has 146 valence electrons. The molecular weight excluding hydrogens is 376 g/mol. The molecule has 0 spiro atoms. The van der Waals surface area contributed by atoms with Gasteiger partial charge in [0.15, 0.2) is 17.1 Å². The summed E-state index contributed by atoms with van der Waals surface area (Å²) in [7, 11) is 1.40. The van der Waals surface area contributed by atoms with Gasteiger partial charge < -0.3 is 13.9 Å². The van der Waals surface area contributed by atoms with Crippen molar-refractivity contribution in [3.63, 3.8) is 0 Å². The topological polar surface area (TPSA) is 44.5 Å². The van der Waals surface area contributed by atoms with Crippen LogP contribution in [0.4, 0.5) is 8.78 Å². The number of methoxy groups -OCH3 is 1. The van der Waals surface area contributed by atoms with E-state index in [0.717, 1.165) is 11.1 Å². The van der Waals surface area contributed by atoms with Crippen LogP contribution in [0.3, 0.4) is 0 Å². The standard InChI is InChI=1S/C23H17F2NO3/c1-27-20-9-5-8-16(22(20)29-23(24)25)11-13-21-26-18-14-17(10-12-19(18)28-21)15-6-3-2-4-7-15/h2-14,23H,1H3/b13-11-. The highest BCUT2D eigenvalue weighted by Gasteiger charge is 2.14. The second-order valence-electron chi connectivity index (χ2n) is 6.19. The van der Waals surface area contributed by atoms with Crippen molar-refractivity contribution >= 4 is 23.3 Å². The Balaban J connectivity index is 1.65. The van der Waals surface area contributed by atoms with Crippen molar-refractivity contribution in [2.24, 2.45) is 0 Å². The first-order valence-corrected chi connectivity index (χ1v) is 8.90. The number of hydrogen-bond acceptors (Lipinski definition) is 4. The molecule has 0 atom stereocenters. The van der Waals surface area contributed by atoms with E-state index in [1.165, 1.54) is 7.11 Å². The van der Waals surface area contributed by atoms with Crippen molar-refractivity contribution in [1.29, 1.82) is 0 Å². The molecule has 0 aliphatic carbocycles. The summed E-state index contributed by atoms with van der Waals surface area (Å²) in [6.07, 6.45) is 3.21. The molecule has 1 aromatic heterocycles. The van der Waals surface area contributed by atoms with Crippen molar-refractivity contribution in [3.8, 4) is 22.6 Å². The van der Waals surface area contributed by atoms with Crippen molar-refractivity contribution in [1.82, 2.24) is 4.98 Å². The molecule has 0 aliphatic heterocycles. The van der Waals surface area contributed by atoms with E-state index >= 15 is 0 Å². The van der Waals surface area contributed by atoms with Gasteiger partial charge in [-0.25, -0.2) is 4.98 Å². The fourth-order valence-corrected chi connectivity index (χ4v) is 3.03. The molecule has 4 aromatic rings. The lowest BCUT2D eigenvalue weighted by molar-refractivity contribution is -0.0513. The van der Waals surface area contributed by atoms with E-state index in [1.54, 1.807) is 30.4 Å². The third kappa shape index (κ3) is 4.11. The number of nitrogens with zero attached hydrogens (tertiary/aromatic N) is 1. The SMILES string of the molecule is COc1cccc(/C=C\c2nc3cc(-c4ccccc4)ccc3o2)c1OC(F)F. The molecule has 0 saturated carbocycles. The number of hydrogen-bond donors (Lipinski definition) is 0. The van der Waals surface area contributed by atoms with Crippen LogP contribution in [0.1, 0.15) is 11.5 Å². The van der Waals surface area contributed by atoms with Gasteiger partial charge >= 0.3 is 6.61 Å². The first-order valence-electron chi connectivity index (χ1n) is 8.90. The highest BCUT2D eigenvalue weighted by atomic mass is 19.3. The second kappa shape index (κ2) is 8.14. The van der Waals surface area contributed by atoms with Crippen molar-refractivity contribution < 1.29 is 22.7 Å². The largest absolute Gasteiger partial charge is 0.493 e. The third-order valence-electron chi connectivity index (χ3n) is 4.35. The van der Waals surface area contributed by atoms with Gasteiger partial charge in [-0.05, 0) is 35.4 Å². The van der Waals surface area contributed by atoms with E-state index in [-0.39, 0.29) is 11.5 Å². The number of fused-ring (bicyclic) bond motifs is 1. The molecule has 0 fully saturated rings. The maximum absolute atomic E-state index is 12.8. The van der Waals surface area contributed by atoms with E-state index in [2.05, 4.69) is 9.72 Å². The predicted octanol–water partition coefficient (Wildman–Crippen LogP) is 6.28. The van der Waals surface area contributed by atoms with Gasteiger partial charge in [0.1, 0.15) is 5.52 Å². The van der Waals surface area contributed by atoms with Crippen LogP contribution in [0.2, 0.25) is 0 Å². The molecule has 29 heavy (non-hydrogen) atoms. The van der Waals surface area contributed by atoms with Crippen molar-refractivity contribution in [2.45, 2.75) is 6.61 Å². The molecule has 0 saturated heterocycles. The van der Waals surface area contributed by atoms with Crippen molar-refractivity contribution in [3.05, 3.63) is 78.2 Å². The summed E-state index contributed by atoms with van der Waals surface area (Å²) in [5.41, 5.74) is 3.89. The van der Waals surface area contributed by atoms with Crippen LogP contribution in [0.5, 0.6) is 11.5 Å². The quantitative estimate of drug-likeness (QED) is 0.387. The smallest absolute Gasteiger partial charge is 0.387 e. The number of rotatable bonds is 6. The molecule has 0 aliphatic rings. The van der Waals surface area contributed by atoms with Crippen LogP contribution in [0.25, 0.3) is 34.4 Å². The molecule has 0 bridgehead atoms. The number of ether oxygens (including phenoxy) is 2. The first kappa shape index (κ1) is 18.7. The van der Waals surface area contributed by atoms with E-state index in [4.69, 9.17) is 9.15 Å². The fourth-order valence-electron chi connectivity index (χ4n) is 3.03. The molecule has 3 aromatic carbocycles. The lowest BCUT2D eigenvalue weighted by Gasteiger charge is -2.12. The number of oxazole rings is 1. The summed E-state index contributed by atoms with van der Waals surface area (Å²) in [5, 5.41) is 0. The summed E-state index contributed by atoms with van der Waals surface area (Å²) in [6.45, 7) is -2.96. The fraction of sp³-hybridized carbons (Fsp3) is 0.0870. The third-order valence-corrected chi connectivity index (χ3v) is 4.35. The Morgan fingerprint density at radius 2 is 1.76 bits per heavy atom. The minimum absolute atomic E-state index is 0.0382. The van der Waals surface area contributed by atoms with E-state index in [0.29, 0.717) is 22.6 Å². The zero-order valence-corrected chi connectivity index (χ0v) is 15.5. The molecule has 4 nitrogen and oxygen atoms in total. The molecular formula is C23H17F2NO3. The summed E-state index contributed by atoms with van der Waals surface area (Å²) >= 11 is 0. The van der Waals surface area contributed by atoms with Gasteiger partial charge in [-0.1, -0.05) is 48.5 Å². The van der Waals surface area contributed by atoms with Crippen LogP contribution >= 0.6 is 0 Å². The highest BCUT2D eigenvalue weighted by molar-refractivity contribution is 5.82. The van der Waals surface area contributed by atoms with Crippen LogP contribution in [0.15, 0.2) is 71.1 Å². The van der Waals surface area contributed by atoms with Gasteiger partial charge in [0, 0.05) is 11.6 Å². The molecule has 0 N–H and O–H groups in total. The van der Waals surface area contributed by atoms with Gasteiger partial charge in [0.05, 0.1) is 7.11 Å². The van der Waals surface area contributed by atoms with Crippen LogP contribution in [-0.2, 0) is 0 Å². The zero-order valence-electron chi connectivity index (χ0n) is 15.5. The Morgan fingerprint density at radius 1 is 0.931 bits per heavy atom. The summed E-state index contributed by atoms with van der Waals surface area (Å²) in [5.74, 6) is 0.539. The van der Waals surface area contributed by atoms with Crippen LogP contribution < -0.4 is 9.47 Å². The van der Waals surface area contributed by atoms with E-state index < -0.39 is 6.61 Å². The Kier molecular flexibility index (Phi) is 5.24. The van der Waals surface area contributed by atoms with E-state index in [1.807, 2.05) is 48.5 Å². The molecule has 0 radical (unpaired) electrons. The van der Waals surface area contributed by atoms with Crippen molar-refractivity contribution in [2.75, 3.05) is 7.11 Å². The lowest BCUT2D eigenvalue weighted by atomic mass is 10.1. The zero-order chi connectivity index (χ0) is 20.2. The monoisotopic (exact) mass is 393 g/mol. The first-order chi connectivity index (χ1) is 14.1. The Hall–Kier alpha value is -3.67. The Labute approximate surface area is 166 Å². The second-order valence-corrected chi connectivity index (χ2v) is 6.19. The number of para-hydroxylation sites is 1. The number of halogens is 2. The van der Waals surface area contributed by atoms with Gasteiger partial charge in [-0.2, -0.15) is 8.78 Å². The Morgan fingerprint density at radius 3 is 2.52 bits per heavy atom. The maximum atomic E-state index is 12.8. The normalized spacial score (nSPS) is 11.4. The minimum atomic E-state index is -2.96. The lowest BCUT2D eigenvalue weighted by Crippen LogP contribution is -2.04. The number of aromatic nitrogens is 1. The minimum Gasteiger partial charge on any atom is -0.493 e. The van der Waals surface area contributed by atoms with Gasteiger partial charge in [-0.3, -0.25) is 0 Å². The predicted molar refractivity (Wildman–Crippen MR) is 108 cm³/mol. The van der Waals surface area contributed by atoms with Gasteiger partial charge in [0.2, 0.25) is 5.89 Å². The molecule has 1 heterocycles. The Bertz CT molecular complexity index is 1150. The molecule has 4 rings (SSSR count). The highest BCUT2D eigenvalue weighted by Crippen LogP contribution is 2.34. The summed E-state index contributed by atoms with van der Waals surface area (Å²) in [4.78, 5) is 4.47. The maximum Gasteiger partial charge on any atom is 0.387 e. The van der Waals surface area contributed by atoms with Gasteiger partial charge in [0.25, 0.3) is 0 Å². The average molecular weight is 393 g/mol. The summed E-state index contributed by atoms with van der Waals surface area (Å²) < 4.78 is 41.0. The average Bonchev–Trinajstić information content (AvgIpc) is 3.15. The van der Waals surface area contributed by atoms with E-state index in [9.17, 15) is 8.78 Å².